The van der Waals surface area contributed by atoms with Crippen LogP contribution in [0.3, 0.4) is 0 Å². The van der Waals surface area contributed by atoms with Crippen LogP contribution in [0, 0.1) is 0 Å². The first-order valence-electron chi connectivity index (χ1n) is 5.31. The summed E-state index contributed by atoms with van der Waals surface area (Å²) in [7, 11) is 0. The monoisotopic (exact) mass is 253 g/mol. The summed E-state index contributed by atoms with van der Waals surface area (Å²) in [4.78, 5) is 15.0. The molecule has 1 N–H and O–H groups in total. The number of halogens is 1. The molecular formula is C11H12ClN3O2. The molecule has 2 aromatic heterocycles. The van der Waals surface area contributed by atoms with Crippen LogP contribution in [0.1, 0.15) is 36.7 Å². The van der Waals surface area contributed by atoms with E-state index in [4.69, 9.17) is 16.7 Å². The second-order valence-electron chi connectivity index (χ2n) is 3.89. The van der Waals surface area contributed by atoms with E-state index in [-0.39, 0.29) is 16.8 Å². The van der Waals surface area contributed by atoms with Gasteiger partial charge >= 0.3 is 5.97 Å². The molecule has 1 unspecified atom stereocenters. The van der Waals surface area contributed by atoms with Gasteiger partial charge in [0.2, 0.25) is 0 Å². The van der Waals surface area contributed by atoms with Crippen LogP contribution >= 0.6 is 11.6 Å². The van der Waals surface area contributed by atoms with E-state index >= 15 is 0 Å². The molecule has 2 rings (SSSR count). The molecule has 0 saturated heterocycles. The third kappa shape index (κ3) is 1.98. The number of carboxylic acid groups (broad SMARTS) is 1. The Morgan fingerprint density at radius 3 is 2.94 bits per heavy atom. The number of rotatable bonds is 3. The molecule has 0 amide bonds. The van der Waals surface area contributed by atoms with Crippen LogP contribution in [-0.4, -0.2) is 25.8 Å². The van der Waals surface area contributed by atoms with Gasteiger partial charge in [-0.2, -0.15) is 5.10 Å². The number of aromatic carboxylic acids is 1. The standard InChI is InChI=1S/C11H12ClN3O2/c1-3-6(2)15-10-8(9(12)14-15)4-7(5-13-10)11(16)17/h4-6H,3H2,1-2H3,(H,16,17). The van der Waals surface area contributed by atoms with Crippen molar-refractivity contribution in [2.24, 2.45) is 0 Å². The Morgan fingerprint density at radius 1 is 1.65 bits per heavy atom. The minimum absolute atomic E-state index is 0.114. The minimum atomic E-state index is -1.02. The number of fused-ring (bicyclic) bond motifs is 1. The zero-order valence-electron chi connectivity index (χ0n) is 9.51. The molecule has 17 heavy (non-hydrogen) atoms. The Balaban J connectivity index is 2.65. The fourth-order valence-electron chi connectivity index (χ4n) is 1.58. The highest BCUT2D eigenvalue weighted by atomic mass is 35.5. The fraction of sp³-hybridized carbons (Fsp3) is 0.364. The van der Waals surface area contributed by atoms with Crippen molar-refractivity contribution < 1.29 is 9.90 Å². The summed E-state index contributed by atoms with van der Waals surface area (Å²) in [5.41, 5.74) is 0.734. The highest BCUT2D eigenvalue weighted by Crippen LogP contribution is 2.25. The first-order chi connectivity index (χ1) is 8.04. The number of hydrogen-bond donors (Lipinski definition) is 1. The zero-order valence-corrected chi connectivity index (χ0v) is 10.3. The van der Waals surface area contributed by atoms with E-state index in [9.17, 15) is 4.79 Å². The van der Waals surface area contributed by atoms with Crippen molar-refractivity contribution in [2.45, 2.75) is 26.3 Å². The van der Waals surface area contributed by atoms with Gasteiger partial charge in [-0.05, 0) is 19.4 Å². The van der Waals surface area contributed by atoms with E-state index in [1.54, 1.807) is 4.68 Å². The van der Waals surface area contributed by atoms with Crippen LogP contribution in [0.15, 0.2) is 12.3 Å². The molecule has 0 aromatic carbocycles. The van der Waals surface area contributed by atoms with Gasteiger partial charge < -0.3 is 5.11 Å². The topological polar surface area (TPSA) is 68.0 Å². The van der Waals surface area contributed by atoms with E-state index < -0.39 is 5.97 Å². The number of nitrogens with zero attached hydrogens (tertiary/aromatic N) is 3. The van der Waals surface area contributed by atoms with Gasteiger partial charge in [-0.25, -0.2) is 14.5 Å². The zero-order chi connectivity index (χ0) is 12.6. The summed E-state index contributed by atoms with van der Waals surface area (Å²) < 4.78 is 1.73. The Hall–Kier alpha value is -1.62. The third-order valence-electron chi connectivity index (χ3n) is 2.76. The van der Waals surface area contributed by atoms with Gasteiger partial charge in [0.25, 0.3) is 0 Å². The van der Waals surface area contributed by atoms with E-state index in [1.807, 2.05) is 13.8 Å². The smallest absolute Gasteiger partial charge is 0.337 e. The van der Waals surface area contributed by atoms with Crippen molar-refractivity contribution in [2.75, 3.05) is 0 Å². The van der Waals surface area contributed by atoms with Crippen molar-refractivity contribution in [1.29, 1.82) is 0 Å². The van der Waals surface area contributed by atoms with Gasteiger partial charge in [0.05, 0.1) is 17.0 Å². The number of hydrogen-bond acceptors (Lipinski definition) is 3. The minimum Gasteiger partial charge on any atom is -0.478 e. The summed E-state index contributed by atoms with van der Waals surface area (Å²) in [6.07, 6.45) is 2.22. The quantitative estimate of drug-likeness (QED) is 0.913. The molecule has 0 aliphatic rings. The number of carboxylic acids is 1. The van der Waals surface area contributed by atoms with Crippen molar-refractivity contribution in [3.8, 4) is 0 Å². The lowest BCUT2D eigenvalue weighted by molar-refractivity contribution is 0.0696. The Morgan fingerprint density at radius 2 is 2.35 bits per heavy atom. The molecule has 1 atom stereocenters. The predicted octanol–water partition coefficient (Wildman–Crippen LogP) is 2.75. The SMILES string of the molecule is CCC(C)n1nc(Cl)c2cc(C(=O)O)cnc21. The van der Waals surface area contributed by atoms with Crippen molar-refractivity contribution in [1.82, 2.24) is 14.8 Å². The maximum Gasteiger partial charge on any atom is 0.337 e. The van der Waals surface area contributed by atoms with Crippen molar-refractivity contribution in [3.05, 3.63) is 23.0 Å². The lowest BCUT2D eigenvalue weighted by Gasteiger charge is -2.09. The van der Waals surface area contributed by atoms with E-state index in [1.165, 1.54) is 12.3 Å². The number of carbonyl (C=O) groups is 1. The lowest BCUT2D eigenvalue weighted by Crippen LogP contribution is -2.06. The van der Waals surface area contributed by atoms with Gasteiger partial charge in [0, 0.05) is 6.20 Å². The molecule has 0 radical (unpaired) electrons. The Labute approximate surface area is 103 Å². The first kappa shape index (κ1) is 11.9. The van der Waals surface area contributed by atoms with Crippen LogP contribution in [-0.2, 0) is 0 Å². The van der Waals surface area contributed by atoms with Crippen molar-refractivity contribution in [3.63, 3.8) is 0 Å². The van der Waals surface area contributed by atoms with E-state index in [2.05, 4.69) is 10.1 Å². The van der Waals surface area contributed by atoms with Crippen LogP contribution in [0.4, 0.5) is 0 Å². The summed E-state index contributed by atoms with van der Waals surface area (Å²) in [5.74, 6) is -1.02. The van der Waals surface area contributed by atoms with Crippen LogP contribution in [0.5, 0.6) is 0 Å². The molecule has 0 bridgehead atoms. The fourth-order valence-corrected chi connectivity index (χ4v) is 1.81. The molecule has 6 heteroatoms. The number of pyridine rings is 1. The third-order valence-corrected chi connectivity index (χ3v) is 3.04. The normalized spacial score (nSPS) is 12.9. The van der Waals surface area contributed by atoms with Crippen LogP contribution in [0.25, 0.3) is 11.0 Å². The Bertz CT molecular complexity index is 579. The first-order valence-corrected chi connectivity index (χ1v) is 5.69. The van der Waals surface area contributed by atoms with Gasteiger partial charge in [-0.15, -0.1) is 0 Å². The maximum absolute atomic E-state index is 10.8. The molecule has 0 saturated carbocycles. The highest BCUT2D eigenvalue weighted by molar-refractivity contribution is 6.34. The summed E-state index contributed by atoms with van der Waals surface area (Å²) in [6, 6.07) is 1.67. The average Bonchev–Trinajstić information content (AvgIpc) is 2.65. The van der Waals surface area contributed by atoms with E-state index in [0.29, 0.717) is 11.0 Å². The molecule has 2 heterocycles. The van der Waals surface area contributed by atoms with Crippen molar-refractivity contribution >= 4 is 28.6 Å². The molecule has 0 spiro atoms. The largest absolute Gasteiger partial charge is 0.478 e. The van der Waals surface area contributed by atoms with Gasteiger partial charge in [-0.1, -0.05) is 18.5 Å². The Kier molecular flexibility index (Phi) is 3.02. The molecule has 5 nitrogen and oxygen atoms in total. The second-order valence-corrected chi connectivity index (χ2v) is 4.25. The molecular weight excluding hydrogens is 242 g/mol. The second kappa shape index (κ2) is 4.33. The molecule has 0 fully saturated rings. The lowest BCUT2D eigenvalue weighted by atomic mass is 10.2. The molecule has 0 aliphatic carbocycles. The maximum atomic E-state index is 10.8. The highest BCUT2D eigenvalue weighted by Gasteiger charge is 2.15. The van der Waals surface area contributed by atoms with Gasteiger partial charge in [0.1, 0.15) is 0 Å². The van der Waals surface area contributed by atoms with Gasteiger partial charge in [0.15, 0.2) is 10.8 Å². The van der Waals surface area contributed by atoms with Crippen LogP contribution in [0.2, 0.25) is 5.15 Å². The molecule has 2 aromatic rings. The van der Waals surface area contributed by atoms with Gasteiger partial charge in [-0.3, -0.25) is 0 Å². The summed E-state index contributed by atoms with van der Waals surface area (Å²) >= 11 is 5.99. The summed E-state index contributed by atoms with van der Waals surface area (Å²) in [5, 5.41) is 13.9. The summed E-state index contributed by atoms with van der Waals surface area (Å²) in [6.45, 7) is 4.05. The number of aromatic nitrogens is 3. The average molecular weight is 254 g/mol. The predicted molar refractivity (Wildman–Crippen MR) is 64.5 cm³/mol. The van der Waals surface area contributed by atoms with E-state index in [0.717, 1.165) is 6.42 Å². The van der Waals surface area contributed by atoms with Crippen LogP contribution < -0.4 is 0 Å². The molecule has 90 valence electrons. The molecule has 0 aliphatic heterocycles.